The summed E-state index contributed by atoms with van der Waals surface area (Å²) in [6.07, 6.45) is 3.12. The van der Waals surface area contributed by atoms with Crippen molar-refractivity contribution in [1.82, 2.24) is 9.97 Å². The molecule has 0 bridgehead atoms. The molecule has 2 nitrogen and oxygen atoms in total. The molecule has 0 atom stereocenters. The summed E-state index contributed by atoms with van der Waals surface area (Å²) < 4.78 is 29.9. The number of hydrogen-bond donors (Lipinski definition) is 0. The van der Waals surface area contributed by atoms with Crippen molar-refractivity contribution < 1.29 is 8.78 Å². The van der Waals surface area contributed by atoms with Crippen molar-refractivity contribution in [2.75, 3.05) is 0 Å². The van der Waals surface area contributed by atoms with E-state index in [0.717, 1.165) is 4.47 Å². The molecule has 0 radical (unpaired) electrons. The molecule has 4 rings (SSSR count). The molecule has 0 aliphatic heterocycles. The maximum atomic E-state index is 15.7. The first kappa shape index (κ1) is 18.7. The molecule has 2 heterocycles. The zero-order chi connectivity index (χ0) is 19.7. The van der Waals surface area contributed by atoms with Gasteiger partial charge in [0.2, 0.25) is 0 Å². The summed E-state index contributed by atoms with van der Waals surface area (Å²) in [6.45, 7) is 0. The van der Waals surface area contributed by atoms with Crippen molar-refractivity contribution in [3.63, 3.8) is 0 Å². The molecule has 0 saturated carbocycles. The van der Waals surface area contributed by atoms with Crippen LogP contribution < -0.4 is 0 Å². The Morgan fingerprint density at radius 3 is 2.00 bits per heavy atom. The summed E-state index contributed by atoms with van der Waals surface area (Å²) >= 11 is 9.25. The Hall–Kier alpha value is -2.63. The van der Waals surface area contributed by atoms with E-state index < -0.39 is 5.82 Å². The van der Waals surface area contributed by atoms with Crippen LogP contribution in [0.15, 0.2) is 77.5 Å². The number of aromatic nitrogens is 2. The molecule has 6 heteroatoms. The van der Waals surface area contributed by atoms with Gasteiger partial charge in [-0.05, 0) is 64.0 Å². The lowest BCUT2D eigenvalue weighted by atomic mass is 9.93. The van der Waals surface area contributed by atoms with E-state index in [1.54, 1.807) is 48.7 Å². The normalized spacial score (nSPS) is 10.9. The predicted octanol–water partition coefficient (Wildman–Crippen LogP) is 7.17. The molecular weight excluding hydrogens is 446 g/mol. The van der Waals surface area contributed by atoms with Crippen LogP contribution in [0, 0.1) is 11.6 Å². The van der Waals surface area contributed by atoms with E-state index in [2.05, 4.69) is 25.9 Å². The van der Waals surface area contributed by atoms with Gasteiger partial charge in [0.05, 0.1) is 16.4 Å². The highest BCUT2D eigenvalue weighted by Gasteiger charge is 2.19. The van der Waals surface area contributed by atoms with Crippen LogP contribution in [0.1, 0.15) is 0 Å². The first-order valence-electron chi connectivity index (χ1n) is 8.35. The molecular formula is C22H12BrClF2N2. The molecule has 0 aliphatic carbocycles. The van der Waals surface area contributed by atoms with E-state index in [1.807, 2.05) is 6.07 Å². The molecule has 0 fully saturated rings. The van der Waals surface area contributed by atoms with E-state index in [-0.39, 0.29) is 5.82 Å². The standard InChI is InChI=1S/C22H12BrClF2N2/c23-14-3-9-19(27-11-14)17-7-8-18(20-10-4-15(24)12-28-20)22(26)21(17)13-1-5-16(25)6-2-13/h1-12H. The fourth-order valence-electron chi connectivity index (χ4n) is 2.96. The van der Waals surface area contributed by atoms with Gasteiger partial charge in [0.1, 0.15) is 11.6 Å². The number of pyridine rings is 2. The van der Waals surface area contributed by atoms with E-state index in [0.29, 0.717) is 38.7 Å². The maximum Gasteiger partial charge on any atom is 0.141 e. The SMILES string of the molecule is Fc1ccc(-c2c(-c3ccc(Br)cn3)ccc(-c3ccc(Cl)cn3)c2F)cc1. The van der Waals surface area contributed by atoms with Gasteiger partial charge in [-0.15, -0.1) is 0 Å². The Labute approximate surface area is 174 Å². The molecule has 28 heavy (non-hydrogen) atoms. The van der Waals surface area contributed by atoms with Gasteiger partial charge in [-0.3, -0.25) is 9.97 Å². The topological polar surface area (TPSA) is 25.8 Å². The Kier molecular flexibility index (Phi) is 5.20. The average Bonchev–Trinajstić information content (AvgIpc) is 2.70. The number of rotatable bonds is 3. The second-order valence-electron chi connectivity index (χ2n) is 6.08. The highest BCUT2D eigenvalue weighted by atomic mass is 79.9. The maximum absolute atomic E-state index is 15.7. The summed E-state index contributed by atoms with van der Waals surface area (Å²) in [6, 6.07) is 16.1. The highest BCUT2D eigenvalue weighted by Crippen LogP contribution is 2.38. The fraction of sp³-hybridized carbons (Fsp3) is 0. The van der Waals surface area contributed by atoms with Crippen LogP contribution >= 0.6 is 27.5 Å². The Morgan fingerprint density at radius 2 is 1.36 bits per heavy atom. The van der Waals surface area contributed by atoms with Gasteiger partial charge in [0, 0.05) is 33.6 Å². The minimum Gasteiger partial charge on any atom is -0.255 e. The molecule has 2 aromatic carbocycles. The lowest BCUT2D eigenvalue weighted by Crippen LogP contribution is -1.96. The second-order valence-corrected chi connectivity index (χ2v) is 7.43. The highest BCUT2D eigenvalue weighted by molar-refractivity contribution is 9.10. The molecule has 0 unspecified atom stereocenters. The third-order valence-electron chi connectivity index (χ3n) is 4.28. The fourth-order valence-corrected chi connectivity index (χ4v) is 3.30. The second kappa shape index (κ2) is 7.78. The van der Waals surface area contributed by atoms with Gasteiger partial charge in [0.25, 0.3) is 0 Å². The molecule has 0 spiro atoms. The van der Waals surface area contributed by atoms with E-state index in [1.165, 1.54) is 18.3 Å². The van der Waals surface area contributed by atoms with Gasteiger partial charge in [0.15, 0.2) is 0 Å². The van der Waals surface area contributed by atoms with Crippen molar-refractivity contribution >= 4 is 27.5 Å². The minimum absolute atomic E-state index is 0.330. The first-order valence-corrected chi connectivity index (χ1v) is 9.52. The van der Waals surface area contributed by atoms with Crippen molar-refractivity contribution in [1.29, 1.82) is 0 Å². The Bertz CT molecular complexity index is 1130. The molecule has 4 aromatic rings. The van der Waals surface area contributed by atoms with Crippen molar-refractivity contribution in [2.45, 2.75) is 0 Å². The van der Waals surface area contributed by atoms with Crippen LogP contribution in [0.25, 0.3) is 33.6 Å². The van der Waals surface area contributed by atoms with E-state index in [9.17, 15) is 4.39 Å². The number of benzene rings is 2. The number of hydrogen-bond acceptors (Lipinski definition) is 2. The largest absolute Gasteiger partial charge is 0.255 e. The third-order valence-corrected chi connectivity index (χ3v) is 4.97. The summed E-state index contributed by atoms with van der Waals surface area (Å²) in [5, 5.41) is 0.471. The van der Waals surface area contributed by atoms with Crippen LogP contribution in [0.3, 0.4) is 0 Å². The molecule has 0 aliphatic rings. The van der Waals surface area contributed by atoms with Gasteiger partial charge < -0.3 is 0 Å². The number of halogens is 4. The zero-order valence-electron chi connectivity index (χ0n) is 14.3. The smallest absolute Gasteiger partial charge is 0.141 e. The van der Waals surface area contributed by atoms with Gasteiger partial charge in [-0.25, -0.2) is 8.78 Å². The average molecular weight is 458 g/mol. The molecule has 2 aromatic heterocycles. The number of nitrogens with zero attached hydrogens (tertiary/aromatic N) is 2. The van der Waals surface area contributed by atoms with Crippen LogP contribution in [0.5, 0.6) is 0 Å². The monoisotopic (exact) mass is 456 g/mol. The van der Waals surface area contributed by atoms with Crippen LogP contribution in [-0.4, -0.2) is 9.97 Å². The zero-order valence-corrected chi connectivity index (χ0v) is 16.7. The summed E-state index contributed by atoms with van der Waals surface area (Å²) in [4.78, 5) is 8.61. The Morgan fingerprint density at radius 1 is 0.714 bits per heavy atom. The van der Waals surface area contributed by atoms with E-state index in [4.69, 9.17) is 11.6 Å². The van der Waals surface area contributed by atoms with Crippen LogP contribution in [-0.2, 0) is 0 Å². The minimum atomic E-state index is -0.455. The van der Waals surface area contributed by atoms with Crippen LogP contribution in [0.4, 0.5) is 8.78 Å². The Balaban J connectivity index is 1.96. The summed E-state index contributed by atoms with van der Waals surface area (Å²) in [7, 11) is 0. The van der Waals surface area contributed by atoms with Gasteiger partial charge in [-0.2, -0.15) is 0 Å². The molecule has 0 amide bonds. The quantitative estimate of drug-likeness (QED) is 0.326. The van der Waals surface area contributed by atoms with Gasteiger partial charge in [-0.1, -0.05) is 29.8 Å². The molecule has 0 saturated heterocycles. The molecule has 138 valence electrons. The summed E-state index contributed by atoms with van der Waals surface area (Å²) in [5.74, 6) is -0.841. The van der Waals surface area contributed by atoms with Crippen molar-refractivity contribution in [3.8, 4) is 33.6 Å². The third kappa shape index (κ3) is 3.68. The lowest BCUT2D eigenvalue weighted by Gasteiger charge is -2.14. The lowest BCUT2D eigenvalue weighted by molar-refractivity contribution is 0.626. The van der Waals surface area contributed by atoms with Gasteiger partial charge >= 0.3 is 0 Å². The predicted molar refractivity (Wildman–Crippen MR) is 111 cm³/mol. The first-order chi connectivity index (χ1) is 13.5. The molecule has 0 N–H and O–H groups in total. The van der Waals surface area contributed by atoms with Crippen molar-refractivity contribution in [3.05, 3.63) is 94.2 Å². The van der Waals surface area contributed by atoms with E-state index >= 15 is 4.39 Å². The van der Waals surface area contributed by atoms with Crippen LogP contribution in [0.2, 0.25) is 5.02 Å². The van der Waals surface area contributed by atoms with Crippen molar-refractivity contribution in [2.24, 2.45) is 0 Å². The summed E-state index contributed by atoms with van der Waals surface area (Å²) in [5.41, 5.74) is 2.89.